The molecule has 26 heavy (non-hydrogen) atoms. The van der Waals surface area contributed by atoms with E-state index in [1.807, 2.05) is 0 Å². The van der Waals surface area contributed by atoms with Gasteiger partial charge in [-0.25, -0.2) is 9.59 Å². The molecule has 3 aromatic rings. The van der Waals surface area contributed by atoms with Crippen molar-refractivity contribution in [3.63, 3.8) is 0 Å². The molecule has 0 fully saturated rings. The molecule has 3 rings (SSSR count). The number of aromatic nitrogens is 1. The lowest BCUT2D eigenvalue weighted by Gasteiger charge is -2.12. The highest BCUT2D eigenvalue weighted by Crippen LogP contribution is 2.15. The zero-order valence-electron chi connectivity index (χ0n) is 13.3. The molecule has 4 N–H and O–H groups in total. The van der Waals surface area contributed by atoms with E-state index >= 15 is 0 Å². The Morgan fingerprint density at radius 1 is 1.04 bits per heavy atom. The molecule has 0 saturated carbocycles. The smallest absolute Gasteiger partial charge is 0.341 e. The number of carboxylic acid groups (broad SMARTS) is 1. The van der Waals surface area contributed by atoms with Crippen molar-refractivity contribution in [3.05, 3.63) is 76.1 Å². The standard InChI is InChI=1S/C18H13N3O5/c19-16(23)10-4-3-5-11(8-10)20-18(26)21-9-13(17(24)25)15(22)12-6-1-2-7-14(12)21/h1-9H,(H2,19,23)(H,20,26)(H,24,25). The molecular weight excluding hydrogens is 338 g/mol. The van der Waals surface area contributed by atoms with Crippen molar-refractivity contribution in [1.29, 1.82) is 0 Å². The van der Waals surface area contributed by atoms with Crippen LogP contribution in [0.5, 0.6) is 0 Å². The van der Waals surface area contributed by atoms with E-state index < -0.39 is 28.9 Å². The fourth-order valence-corrected chi connectivity index (χ4v) is 2.53. The predicted molar refractivity (Wildman–Crippen MR) is 94.5 cm³/mol. The summed E-state index contributed by atoms with van der Waals surface area (Å²) in [5.74, 6) is -2.08. The molecule has 0 aliphatic carbocycles. The minimum atomic E-state index is -1.43. The number of carbonyl (C=O) groups excluding carboxylic acids is 2. The van der Waals surface area contributed by atoms with E-state index in [0.717, 1.165) is 10.8 Å². The summed E-state index contributed by atoms with van der Waals surface area (Å²) in [5, 5.41) is 11.9. The van der Waals surface area contributed by atoms with Crippen molar-refractivity contribution < 1.29 is 19.5 Å². The molecule has 130 valence electrons. The molecule has 1 heterocycles. The summed E-state index contributed by atoms with van der Waals surface area (Å²) in [5.41, 5.74) is 4.78. The number of pyridine rings is 1. The van der Waals surface area contributed by atoms with Crippen LogP contribution >= 0.6 is 0 Å². The summed E-state index contributed by atoms with van der Waals surface area (Å²) in [6, 6.07) is 11.5. The molecule has 2 aromatic carbocycles. The molecule has 2 amide bonds. The Kier molecular flexibility index (Phi) is 4.24. The molecule has 0 aliphatic heterocycles. The molecule has 0 unspecified atom stereocenters. The van der Waals surface area contributed by atoms with E-state index in [2.05, 4.69) is 5.32 Å². The highest BCUT2D eigenvalue weighted by molar-refractivity contribution is 6.01. The Labute approximate surface area is 146 Å². The van der Waals surface area contributed by atoms with E-state index in [0.29, 0.717) is 5.69 Å². The highest BCUT2D eigenvalue weighted by atomic mass is 16.4. The average Bonchev–Trinajstić information content (AvgIpc) is 2.62. The number of nitrogens with zero attached hydrogens (tertiary/aromatic N) is 1. The van der Waals surface area contributed by atoms with Gasteiger partial charge in [0.25, 0.3) is 0 Å². The fraction of sp³-hybridized carbons (Fsp3) is 0. The normalized spacial score (nSPS) is 10.5. The number of carbonyl (C=O) groups is 3. The van der Waals surface area contributed by atoms with Crippen LogP contribution in [0.15, 0.2) is 59.5 Å². The number of hydrogen-bond donors (Lipinski definition) is 3. The summed E-state index contributed by atoms with van der Waals surface area (Å²) in [6.07, 6.45) is 0.972. The molecule has 0 spiro atoms. The van der Waals surface area contributed by atoms with E-state index in [-0.39, 0.29) is 16.5 Å². The van der Waals surface area contributed by atoms with Crippen molar-refractivity contribution in [1.82, 2.24) is 4.57 Å². The molecule has 1 aromatic heterocycles. The lowest BCUT2D eigenvalue weighted by Crippen LogP contribution is -2.25. The monoisotopic (exact) mass is 351 g/mol. The van der Waals surface area contributed by atoms with E-state index in [9.17, 15) is 24.3 Å². The molecule has 8 heteroatoms. The van der Waals surface area contributed by atoms with Gasteiger partial charge in [0.2, 0.25) is 11.3 Å². The third-order valence-electron chi connectivity index (χ3n) is 3.76. The van der Waals surface area contributed by atoms with Crippen LogP contribution in [0.2, 0.25) is 0 Å². The van der Waals surface area contributed by atoms with Crippen LogP contribution in [0.4, 0.5) is 10.5 Å². The van der Waals surface area contributed by atoms with Crippen LogP contribution < -0.4 is 16.5 Å². The molecular formula is C18H13N3O5. The molecule has 0 radical (unpaired) electrons. The third-order valence-corrected chi connectivity index (χ3v) is 3.76. The van der Waals surface area contributed by atoms with E-state index in [1.54, 1.807) is 24.3 Å². The number of primary amides is 1. The van der Waals surface area contributed by atoms with Crippen LogP contribution in [0.3, 0.4) is 0 Å². The Bertz CT molecular complexity index is 1120. The maximum atomic E-state index is 12.6. The maximum absolute atomic E-state index is 12.6. The Morgan fingerprint density at radius 2 is 1.77 bits per heavy atom. The summed E-state index contributed by atoms with van der Waals surface area (Å²) in [6.45, 7) is 0. The SMILES string of the molecule is NC(=O)c1cccc(NC(=O)n2cc(C(=O)O)c(=O)c3ccccc32)c1. The first-order chi connectivity index (χ1) is 12.4. The van der Waals surface area contributed by atoms with Crippen LogP contribution in [0.1, 0.15) is 20.7 Å². The van der Waals surface area contributed by atoms with Gasteiger partial charge in [-0.05, 0) is 30.3 Å². The van der Waals surface area contributed by atoms with Gasteiger partial charge in [-0.3, -0.25) is 14.2 Å². The number of para-hydroxylation sites is 1. The van der Waals surface area contributed by atoms with Crippen LogP contribution in [-0.2, 0) is 0 Å². The second kappa shape index (κ2) is 6.52. The number of benzene rings is 2. The number of nitrogens with one attached hydrogen (secondary N) is 1. The number of hydrogen-bond acceptors (Lipinski definition) is 4. The number of fused-ring (bicyclic) bond motifs is 1. The minimum Gasteiger partial charge on any atom is -0.477 e. The largest absolute Gasteiger partial charge is 0.477 e. The van der Waals surface area contributed by atoms with E-state index in [4.69, 9.17) is 5.73 Å². The quantitative estimate of drug-likeness (QED) is 0.663. The second-order valence-electron chi connectivity index (χ2n) is 5.44. The summed E-state index contributed by atoms with van der Waals surface area (Å²) >= 11 is 0. The van der Waals surface area contributed by atoms with Gasteiger partial charge in [-0.2, -0.15) is 0 Å². The van der Waals surface area contributed by atoms with Gasteiger partial charge in [0.05, 0.1) is 5.52 Å². The number of nitrogens with two attached hydrogens (primary N) is 1. The second-order valence-corrected chi connectivity index (χ2v) is 5.44. The highest BCUT2D eigenvalue weighted by Gasteiger charge is 2.17. The molecule has 0 saturated heterocycles. The van der Waals surface area contributed by atoms with Crippen molar-refractivity contribution in [2.75, 3.05) is 5.32 Å². The van der Waals surface area contributed by atoms with Gasteiger partial charge < -0.3 is 16.2 Å². The number of rotatable bonds is 3. The zero-order valence-corrected chi connectivity index (χ0v) is 13.3. The summed E-state index contributed by atoms with van der Waals surface area (Å²) < 4.78 is 1.04. The Hall–Kier alpha value is -3.94. The van der Waals surface area contributed by atoms with Gasteiger partial charge in [-0.15, -0.1) is 0 Å². The van der Waals surface area contributed by atoms with Crippen LogP contribution in [0, 0.1) is 0 Å². The first-order valence-electron chi connectivity index (χ1n) is 7.47. The molecule has 0 atom stereocenters. The number of anilines is 1. The van der Waals surface area contributed by atoms with Gasteiger partial charge in [0, 0.05) is 22.8 Å². The number of carboxylic acids is 1. The van der Waals surface area contributed by atoms with Crippen molar-refractivity contribution in [3.8, 4) is 0 Å². The topological polar surface area (TPSA) is 131 Å². The average molecular weight is 351 g/mol. The van der Waals surface area contributed by atoms with Crippen molar-refractivity contribution >= 4 is 34.5 Å². The Balaban J connectivity index is 2.10. The van der Waals surface area contributed by atoms with Gasteiger partial charge in [0.15, 0.2) is 0 Å². The van der Waals surface area contributed by atoms with Crippen molar-refractivity contribution in [2.24, 2.45) is 5.73 Å². The molecule has 0 aliphatic rings. The number of amides is 2. The maximum Gasteiger partial charge on any atom is 0.341 e. The van der Waals surface area contributed by atoms with Crippen molar-refractivity contribution in [2.45, 2.75) is 0 Å². The first kappa shape index (κ1) is 16.9. The van der Waals surface area contributed by atoms with Gasteiger partial charge in [0.1, 0.15) is 5.56 Å². The number of aromatic carboxylic acids is 1. The molecule has 0 bridgehead atoms. The summed E-state index contributed by atoms with van der Waals surface area (Å²) in [4.78, 5) is 47.4. The van der Waals surface area contributed by atoms with Crippen LogP contribution in [-0.4, -0.2) is 27.6 Å². The van der Waals surface area contributed by atoms with Gasteiger partial charge in [-0.1, -0.05) is 18.2 Å². The third kappa shape index (κ3) is 3.03. The molecule has 8 nitrogen and oxygen atoms in total. The fourth-order valence-electron chi connectivity index (χ4n) is 2.53. The zero-order chi connectivity index (χ0) is 18.8. The van der Waals surface area contributed by atoms with Gasteiger partial charge >= 0.3 is 12.0 Å². The van der Waals surface area contributed by atoms with E-state index in [1.165, 1.54) is 24.3 Å². The lowest BCUT2D eigenvalue weighted by molar-refractivity contribution is 0.0695. The lowest BCUT2D eigenvalue weighted by atomic mass is 10.1. The van der Waals surface area contributed by atoms with Crippen LogP contribution in [0.25, 0.3) is 10.9 Å². The predicted octanol–water partition coefficient (Wildman–Crippen LogP) is 1.88. The summed E-state index contributed by atoms with van der Waals surface area (Å²) in [7, 11) is 0. The first-order valence-corrected chi connectivity index (χ1v) is 7.47. The Morgan fingerprint density at radius 3 is 2.46 bits per heavy atom. The minimum absolute atomic E-state index is 0.105.